The number of ether oxygens (including phenoxy) is 1. The number of carbonyl (C=O) groups is 1. The first kappa shape index (κ1) is 18.4. The Hall–Kier alpha value is -2.99. The highest BCUT2D eigenvalue weighted by Gasteiger charge is 2.23. The summed E-state index contributed by atoms with van der Waals surface area (Å²) in [5, 5.41) is 7.97. The van der Waals surface area contributed by atoms with Crippen molar-refractivity contribution < 1.29 is 9.53 Å². The van der Waals surface area contributed by atoms with E-state index in [4.69, 9.17) is 16.3 Å². The molecule has 1 aromatic heterocycles. The van der Waals surface area contributed by atoms with Crippen LogP contribution < -0.4 is 15.0 Å². The summed E-state index contributed by atoms with van der Waals surface area (Å²) in [6.07, 6.45) is 1.75. The van der Waals surface area contributed by atoms with Crippen LogP contribution in [0, 0.1) is 0 Å². The predicted octanol–water partition coefficient (Wildman–Crippen LogP) is 3.35. The van der Waals surface area contributed by atoms with Crippen LogP contribution in [0.2, 0.25) is 5.02 Å². The van der Waals surface area contributed by atoms with Gasteiger partial charge in [-0.05, 0) is 30.3 Å². The lowest BCUT2D eigenvalue weighted by Crippen LogP contribution is -2.35. The number of halogens is 1. The smallest absolute Gasteiger partial charge is 0.241 e. The predicted molar refractivity (Wildman–Crippen MR) is 110 cm³/mol. The first-order valence-electron chi connectivity index (χ1n) is 9.12. The number of benzene rings is 2. The fourth-order valence-electron chi connectivity index (χ4n) is 3.30. The molecule has 7 heteroatoms. The number of anilines is 1. The average molecular weight is 397 g/mol. The van der Waals surface area contributed by atoms with E-state index in [-0.39, 0.29) is 12.5 Å². The summed E-state index contributed by atoms with van der Waals surface area (Å²) in [4.78, 5) is 14.5. The molecule has 0 atom stereocenters. The second-order valence-electron chi connectivity index (χ2n) is 6.71. The number of fused-ring (bicyclic) bond motifs is 3. The highest BCUT2D eigenvalue weighted by atomic mass is 35.5. The van der Waals surface area contributed by atoms with Crippen LogP contribution in [0.3, 0.4) is 0 Å². The van der Waals surface area contributed by atoms with Gasteiger partial charge in [-0.3, -0.25) is 9.48 Å². The van der Waals surface area contributed by atoms with Crippen LogP contribution in [0.1, 0.15) is 5.56 Å². The van der Waals surface area contributed by atoms with Crippen molar-refractivity contribution >= 4 is 23.2 Å². The summed E-state index contributed by atoms with van der Waals surface area (Å²) in [5.74, 6) is 0.672. The van der Waals surface area contributed by atoms with Crippen molar-refractivity contribution in [3.8, 4) is 17.0 Å². The number of carbonyl (C=O) groups excluding carboxylic acids is 1. The summed E-state index contributed by atoms with van der Waals surface area (Å²) < 4.78 is 7.45. The molecule has 2 heterocycles. The molecule has 1 amide bonds. The zero-order chi connectivity index (χ0) is 19.5. The summed E-state index contributed by atoms with van der Waals surface area (Å²) in [5.41, 5.74) is 3.82. The average Bonchev–Trinajstić information content (AvgIpc) is 3.11. The van der Waals surface area contributed by atoms with E-state index >= 15 is 0 Å². The maximum absolute atomic E-state index is 12.4. The third-order valence-electron chi connectivity index (χ3n) is 4.75. The molecule has 0 saturated carbocycles. The summed E-state index contributed by atoms with van der Waals surface area (Å²) in [6, 6.07) is 15.6. The van der Waals surface area contributed by atoms with E-state index in [0.717, 1.165) is 34.8 Å². The minimum atomic E-state index is -0.0811. The van der Waals surface area contributed by atoms with Gasteiger partial charge in [0.1, 0.15) is 18.9 Å². The van der Waals surface area contributed by atoms with E-state index < -0.39 is 0 Å². The van der Waals surface area contributed by atoms with Crippen LogP contribution in [0.25, 0.3) is 11.3 Å². The number of nitrogens with zero attached hydrogens (tertiary/aromatic N) is 3. The Balaban J connectivity index is 1.39. The molecule has 144 valence electrons. The van der Waals surface area contributed by atoms with Crippen LogP contribution in [0.4, 0.5) is 5.69 Å². The van der Waals surface area contributed by atoms with E-state index in [2.05, 4.69) is 15.3 Å². The van der Waals surface area contributed by atoms with Gasteiger partial charge in [-0.1, -0.05) is 29.8 Å². The third-order valence-corrected chi connectivity index (χ3v) is 4.99. The van der Waals surface area contributed by atoms with Gasteiger partial charge in [-0.15, -0.1) is 0 Å². The fourth-order valence-corrected chi connectivity index (χ4v) is 3.47. The number of aromatic nitrogens is 2. The lowest BCUT2D eigenvalue weighted by atomic mass is 10.0. The highest BCUT2D eigenvalue weighted by Crippen LogP contribution is 2.38. The lowest BCUT2D eigenvalue weighted by molar-refractivity contribution is -0.121. The zero-order valence-electron chi connectivity index (χ0n) is 15.6. The van der Waals surface area contributed by atoms with Crippen molar-refractivity contribution in [2.45, 2.75) is 13.2 Å². The van der Waals surface area contributed by atoms with Crippen molar-refractivity contribution in [1.29, 1.82) is 0 Å². The normalized spacial score (nSPS) is 11.9. The molecule has 1 N–H and O–H groups in total. The zero-order valence-corrected chi connectivity index (χ0v) is 16.3. The Morgan fingerprint density at radius 2 is 2.11 bits per heavy atom. The quantitative estimate of drug-likeness (QED) is 0.694. The van der Waals surface area contributed by atoms with Crippen LogP contribution >= 0.6 is 11.6 Å². The molecular formula is C21H21ClN4O2. The molecule has 0 radical (unpaired) electrons. The van der Waals surface area contributed by atoms with Crippen LogP contribution in [0.15, 0.2) is 54.7 Å². The topological polar surface area (TPSA) is 59.4 Å². The first-order chi connectivity index (χ1) is 13.6. The lowest BCUT2D eigenvalue weighted by Gasteiger charge is -2.20. The van der Waals surface area contributed by atoms with Gasteiger partial charge < -0.3 is 15.0 Å². The molecule has 0 spiro atoms. The molecule has 2 aromatic carbocycles. The Morgan fingerprint density at radius 3 is 2.93 bits per heavy atom. The van der Waals surface area contributed by atoms with Crippen LogP contribution in [0.5, 0.6) is 5.75 Å². The molecule has 0 fully saturated rings. The third kappa shape index (κ3) is 3.82. The molecule has 1 aliphatic rings. The first-order valence-corrected chi connectivity index (χ1v) is 9.50. The van der Waals surface area contributed by atoms with Crippen LogP contribution in [-0.2, 0) is 17.9 Å². The molecule has 0 saturated heterocycles. The molecule has 0 aliphatic carbocycles. The van der Waals surface area contributed by atoms with E-state index in [1.807, 2.05) is 49.5 Å². The molecule has 4 rings (SSSR count). The van der Waals surface area contributed by atoms with Crippen molar-refractivity contribution in [1.82, 2.24) is 15.1 Å². The van der Waals surface area contributed by atoms with Gasteiger partial charge in [0, 0.05) is 42.0 Å². The van der Waals surface area contributed by atoms with Crippen molar-refractivity contribution in [2.24, 2.45) is 0 Å². The Kier molecular flexibility index (Phi) is 5.21. The van der Waals surface area contributed by atoms with Crippen molar-refractivity contribution in [3.63, 3.8) is 0 Å². The second kappa shape index (κ2) is 7.94. The number of hydrogen-bond donors (Lipinski definition) is 1. The summed E-state index contributed by atoms with van der Waals surface area (Å²) in [6.45, 7) is 1.86. The largest absolute Gasteiger partial charge is 0.488 e. The number of likely N-dealkylation sites (N-methyl/N-ethyl adjacent to an activating group) is 1. The minimum Gasteiger partial charge on any atom is -0.488 e. The molecule has 6 nitrogen and oxygen atoms in total. The standard InChI is InChI=1S/C21H21ClN4O2/c1-25(17-5-3-2-4-6-17)10-9-23-20(27)13-26-21-15(12-24-26)14-28-19-8-7-16(22)11-18(19)21/h2-8,11-12H,9-10,13-14H2,1H3,(H,23,27). The molecule has 3 aromatic rings. The minimum absolute atomic E-state index is 0.0811. The highest BCUT2D eigenvalue weighted by molar-refractivity contribution is 6.31. The van der Waals surface area contributed by atoms with Gasteiger partial charge in [0.05, 0.1) is 11.9 Å². The second-order valence-corrected chi connectivity index (χ2v) is 7.15. The Morgan fingerprint density at radius 1 is 1.29 bits per heavy atom. The van der Waals surface area contributed by atoms with Crippen molar-refractivity contribution in [2.75, 3.05) is 25.0 Å². The van der Waals surface area contributed by atoms with E-state index in [1.54, 1.807) is 16.9 Å². The van der Waals surface area contributed by atoms with Gasteiger partial charge in [-0.2, -0.15) is 5.10 Å². The monoisotopic (exact) mass is 396 g/mol. The summed E-state index contributed by atoms with van der Waals surface area (Å²) in [7, 11) is 2.01. The Labute approximate surface area is 168 Å². The van der Waals surface area contributed by atoms with Gasteiger partial charge >= 0.3 is 0 Å². The molecule has 0 bridgehead atoms. The van der Waals surface area contributed by atoms with E-state index in [0.29, 0.717) is 18.2 Å². The van der Waals surface area contributed by atoms with E-state index in [1.165, 1.54) is 0 Å². The van der Waals surface area contributed by atoms with Gasteiger partial charge in [0.15, 0.2) is 0 Å². The van der Waals surface area contributed by atoms with Gasteiger partial charge in [-0.25, -0.2) is 0 Å². The Bertz CT molecular complexity index is 987. The SMILES string of the molecule is CN(CCNC(=O)Cn1ncc2c1-c1cc(Cl)ccc1OC2)c1ccccc1. The van der Waals surface area contributed by atoms with Gasteiger partial charge in [0.2, 0.25) is 5.91 Å². The number of hydrogen-bond acceptors (Lipinski definition) is 4. The number of amides is 1. The van der Waals surface area contributed by atoms with E-state index in [9.17, 15) is 4.79 Å². The van der Waals surface area contributed by atoms with Crippen molar-refractivity contribution in [3.05, 3.63) is 65.3 Å². The fraction of sp³-hybridized carbons (Fsp3) is 0.238. The van der Waals surface area contributed by atoms with Crippen LogP contribution in [-0.4, -0.2) is 35.8 Å². The maximum atomic E-state index is 12.4. The number of nitrogens with one attached hydrogen (secondary N) is 1. The molecule has 0 unspecified atom stereocenters. The maximum Gasteiger partial charge on any atom is 0.241 e. The summed E-state index contributed by atoms with van der Waals surface area (Å²) >= 11 is 6.15. The molecular weight excluding hydrogens is 376 g/mol. The molecule has 28 heavy (non-hydrogen) atoms. The molecule has 1 aliphatic heterocycles. The number of rotatable bonds is 6. The van der Waals surface area contributed by atoms with Gasteiger partial charge in [0.25, 0.3) is 0 Å². The number of para-hydroxylation sites is 1.